The maximum absolute atomic E-state index is 5.51. The molecule has 3 aromatic rings. The molecule has 2 aliphatic rings. The lowest BCUT2D eigenvalue weighted by Crippen LogP contribution is -2.39. The number of hydrogen-bond donors (Lipinski definition) is 2. The molecule has 0 aliphatic carbocycles. The van der Waals surface area contributed by atoms with Gasteiger partial charge in [0.15, 0.2) is 23.0 Å². The van der Waals surface area contributed by atoms with E-state index in [4.69, 9.17) is 18.9 Å². The van der Waals surface area contributed by atoms with Gasteiger partial charge in [0.1, 0.15) is 0 Å². The highest BCUT2D eigenvalue weighted by Gasteiger charge is 2.16. The van der Waals surface area contributed by atoms with Gasteiger partial charge in [0.05, 0.1) is 0 Å². The van der Waals surface area contributed by atoms with Crippen LogP contribution in [0.5, 0.6) is 23.0 Å². The number of hydrogen-bond acceptors (Lipinski definition) is 6. The molecule has 0 amide bonds. The van der Waals surface area contributed by atoms with Gasteiger partial charge in [0.25, 0.3) is 0 Å². The van der Waals surface area contributed by atoms with Crippen LogP contribution in [0.4, 0.5) is 0 Å². The van der Waals surface area contributed by atoms with Crippen molar-refractivity contribution < 1.29 is 18.9 Å². The van der Waals surface area contributed by atoms with Gasteiger partial charge in [-0.1, -0.05) is 42.5 Å². The second-order valence-corrected chi connectivity index (χ2v) is 7.77. The van der Waals surface area contributed by atoms with Gasteiger partial charge in [0.2, 0.25) is 13.6 Å². The quantitative estimate of drug-likeness (QED) is 0.553. The van der Waals surface area contributed by atoms with Crippen molar-refractivity contribution in [3.8, 4) is 23.0 Å². The molecule has 6 nitrogen and oxygen atoms in total. The van der Waals surface area contributed by atoms with Gasteiger partial charge in [-0.15, -0.1) is 0 Å². The van der Waals surface area contributed by atoms with Crippen molar-refractivity contribution in [3.05, 3.63) is 83.4 Å². The fourth-order valence-corrected chi connectivity index (χ4v) is 3.87. The number of rotatable bonds is 9. The van der Waals surface area contributed by atoms with Crippen LogP contribution in [-0.2, 0) is 19.5 Å². The molecular weight excluding hydrogens is 392 g/mol. The van der Waals surface area contributed by atoms with Crippen molar-refractivity contribution in [2.24, 2.45) is 0 Å². The molecule has 0 saturated heterocycles. The Labute approximate surface area is 182 Å². The van der Waals surface area contributed by atoms with E-state index in [1.807, 2.05) is 18.2 Å². The highest BCUT2D eigenvalue weighted by atomic mass is 16.7. The Morgan fingerprint density at radius 3 is 1.94 bits per heavy atom. The van der Waals surface area contributed by atoms with Crippen LogP contribution in [0.25, 0.3) is 0 Å². The SMILES string of the molecule is c1ccc(CC(CNCc2ccc3c(c2)OCO3)NCc2ccc3c(c2)OCO3)cc1. The Hall–Kier alpha value is -3.22. The Morgan fingerprint density at radius 1 is 0.645 bits per heavy atom. The third-order valence-corrected chi connectivity index (χ3v) is 5.51. The van der Waals surface area contributed by atoms with Gasteiger partial charge >= 0.3 is 0 Å². The van der Waals surface area contributed by atoms with E-state index in [-0.39, 0.29) is 6.04 Å². The van der Waals surface area contributed by atoms with E-state index in [9.17, 15) is 0 Å². The smallest absolute Gasteiger partial charge is 0.231 e. The number of fused-ring (bicyclic) bond motifs is 2. The van der Waals surface area contributed by atoms with Crippen molar-refractivity contribution in [2.75, 3.05) is 20.1 Å². The summed E-state index contributed by atoms with van der Waals surface area (Å²) in [6, 6.07) is 23.1. The maximum Gasteiger partial charge on any atom is 0.231 e. The third-order valence-electron chi connectivity index (χ3n) is 5.51. The zero-order valence-electron chi connectivity index (χ0n) is 17.3. The van der Waals surface area contributed by atoms with Gasteiger partial charge in [-0.25, -0.2) is 0 Å². The number of benzene rings is 3. The lowest BCUT2D eigenvalue weighted by Gasteiger charge is -2.20. The molecule has 2 aliphatic heterocycles. The van der Waals surface area contributed by atoms with Crippen molar-refractivity contribution in [3.63, 3.8) is 0 Å². The zero-order chi connectivity index (χ0) is 20.9. The van der Waals surface area contributed by atoms with Gasteiger partial charge in [-0.2, -0.15) is 0 Å². The first-order valence-corrected chi connectivity index (χ1v) is 10.6. The molecule has 0 saturated carbocycles. The highest BCUT2D eigenvalue weighted by molar-refractivity contribution is 5.45. The van der Waals surface area contributed by atoms with Crippen LogP contribution in [0.3, 0.4) is 0 Å². The maximum atomic E-state index is 5.51. The second kappa shape index (κ2) is 9.29. The normalized spacial score (nSPS) is 14.6. The Bertz CT molecular complexity index is 1030. The molecule has 1 atom stereocenters. The van der Waals surface area contributed by atoms with E-state index in [1.165, 1.54) is 16.7 Å². The summed E-state index contributed by atoms with van der Waals surface area (Å²) in [5.41, 5.74) is 3.67. The van der Waals surface area contributed by atoms with Crippen molar-refractivity contribution >= 4 is 0 Å². The Kier molecular flexibility index (Phi) is 5.91. The zero-order valence-corrected chi connectivity index (χ0v) is 17.3. The van der Waals surface area contributed by atoms with Crippen molar-refractivity contribution in [2.45, 2.75) is 25.6 Å². The summed E-state index contributed by atoms with van der Waals surface area (Å²) in [5.74, 6) is 3.27. The minimum absolute atomic E-state index is 0.279. The fraction of sp³-hybridized carbons (Fsp3) is 0.280. The van der Waals surface area contributed by atoms with Crippen LogP contribution in [0, 0.1) is 0 Å². The third kappa shape index (κ3) is 4.93. The first kappa shape index (κ1) is 19.7. The average molecular weight is 418 g/mol. The van der Waals surface area contributed by atoms with Crippen LogP contribution in [-0.4, -0.2) is 26.2 Å². The molecule has 2 heterocycles. The van der Waals surface area contributed by atoms with E-state index < -0.39 is 0 Å². The molecule has 3 aromatic carbocycles. The number of ether oxygens (including phenoxy) is 4. The molecule has 31 heavy (non-hydrogen) atoms. The summed E-state index contributed by atoms with van der Waals surface area (Å²) in [7, 11) is 0. The average Bonchev–Trinajstić information content (AvgIpc) is 3.46. The molecule has 2 N–H and O–H groups in total. The summed E-state index contributed by atoms with van der Waals surface area (Å²) in [5, 5.41) is 7.29. The Morgan fingerprint density at radius 2 is 1.26 bits per heavy atom. The van der Waals surface area contributed by atoms with Crippen molar-refractivity contribution in [1.29, 1.82) is 0 Å². The van der Waals surface area contributed by atoms with E-state index >= 15 is 0 Å². The predicted octanol–water partition coefficient (Wildman–Crippen LogP) is 3.63. The first-order chi connectivity index (χ1) is 15.3. The number of nitrogens with one attached hydrogen (secondary N) is 2. The fourth-order valence-electron chi connectivity index (χ4n) is 3.87. The summed E-state index contributed by atoms with van der Waals surface area (Å²) < 4.78 is 21.8. The standard InChI is InChI=1S/C25H26N2O4/c1-2-4-18(5-3-1)10-21(27-14-20-7-9-23-25(12-20)31-17-29-23)15-26-13-19-6-8-22-24(11-19)30-16-28-22/h1-9,11-12,21,26-27H,10,13-17H2. The summed E-state index contributed by atoms with van der Waals surface area (Å²) in [6.07, 6.45) is 0.944. The van der Waals surface area contributed by atoms with Crippen LogP contribution < -0.4 is 29.6 Å². The summed E-state index contributed by atoms with van der Waals surface area (Å²) in [4.78, 5) is 0. The molecule has 0 aromatic heterocycles. The molecule has 160 valence electrons. The minimum Gasteiger partial charge on any atom is -0.454 e. The Balaban J connectivity index is 1.20. The van der Waals surface area contributed by atoms with Crippen LogP contribution in [0.2, 0.25) is 0 Å². The van der Waals surface area contributed by atoms with E-state index in [1.54, 1.807) is 0 Å². The topological polar surface area (TPSA) is 61.0 Å². The monoisotopic (exact) mass is 418 g/mol. The van der Waals surface area contributed by atoms with Crippen LogP contribution >= 0.6 is 0 Å². The van der Waals surface area contributed by atoms with Gasteiger partial charge in [0, 0.05) is 25.7 Å². The van der Waals surface area contributed by atoms with Gasteiger partial charge < -0.3 is 29.6 Å². The van der Waals surface area contributed by atoms with Crippen LogP contribution in [0.15, 0.2) is 66.7 Å². The van der Waals surface area contributed by atoms with E-state index in [0.717, 1.165) is 49.1 Å². The lowest BCUT2D eigenvalue weighted by molar-refractivity contribution is 0.173. The summed E-state index contributed by atoms with van der Waals surface area (Å²) in [6.45, 7) is 2.98. The largest absolute Gasteiger partial charge is 0.454 e. The first-order valence-electron chi connectivity index (χ1n) is 10.6. The molecule has 5 rings (SSSR count). The van der Waals surface area contributed by atoms with E-state index in [2.05, 4.69) is 59.2 Å². The highest BCUT2D eigenvalue weighted by Crippen LogP contribution is 2.33. The predicted molar refractivity (Wildman–Crippen MR) is 118 cm³/mol. The summed E-state index contributed by atoms with van der Waals surface area (Å²) >= 11 is 0. The molecule has 0 bridgehead atoms. The molecular formula is C25H26N2O4. The van der Waals surface area contributed by atoms with E-state index in [0.29, 0.717) is 13.6 Å². The van der Waals surface area contributed by atoms with Gasteiger partial charge in [-0.05, 0) is 47.4 Å². The lowest BCUT2D eigenvalue weighted by atomic mass is 10.0. The molecule has 0 spiro atoms. The molecule has 0 radical (unpaired) electrons. The van der Waals surface area contributed by atoms with Gasteiger partial charge in [-0.3, -0.25) is 0 Å². The molecule has 1 unspecified atom stereocenters. The molecule has 0 fully saturated rings. The molecule has 6 heteroatoms. The minimum atomic E-state index is 0.279. The second-order valence-electron chi connectivity index (χ2n) is 7.77. The van der Waals surface area contributed by atoms with Crippen LogP contribution in [0.1, 0.15) is 16.7 Å². The van der Waals surface area contributed by atoms with Crippen molar-refractivity contribution in [1.82, 2.24) is 10.6 Å².